The summed E-state index contributed by atoms with van der Waals surface area (Å²) >= 11 is 0. The maximum atomic E-state index is 12.4. The largest absolute Gasteiger partial charge is 0.472 e. The number of ether oxygens (including phenoxy) is 2. The van der Waals surface area contributed by atoms with Gasteiger partial charge in [0.1, 0.15) is 6.61 Å². The minimum absolute atomic E-state index is 0.0538. The van der Waals surface area contributed by atoms with Crippen molar-refractivity contribution < 1.29 is 37.6 Å². The first kappa shape index (κ1) is 41.8. The number of rotatable bonds is 32. The molecule has 10 heteroatoms. The van der Waals surface area contributed by atoms with E-state index >= 15 is 0 Å². The Balaban J connectivity index is 4.30. The van der Waals surface area contributed by atoms with E-state index in [4.69, 9.17) is 24.3 Å². The predicted octanol–water partition coefficient (Wildman–Crippen LogP) is 8.71. The standard InChI is InChI=1S/C33H64NO8P/c1-3-5-7-9-11-13-15-17-19-21-23-25-32(35)39-29-31(30-41-43(37,38)40-28-27-34)42-33(36)26-24-22-20-18-16-14-12-10-8-6-4-2/h12,14,31H,3-11,13,15-30,34H2,1-2H3,(H,37,38)/b14-12-. The molecule has 2 atom stereocenters. The number of carbonyl (C=O) groups is 2. The molecule has 0 aliphatic heterocycles. The molecule has 0 amide bonds. The van der Waals surface area contributed by atoms with Gasteiger partial charge in [0.15, 0.2) is 6.10 Å². The van der Waals surface area contributed by atoms with E-state index in [1.54, 1.807) is 0 Å². The molecule has 254 valence electrons. The van der Waals surface area contributed by atoms with Crippen LogP contribution in [0.3, 0.4) is 0 Å². The third-order valence-corrected chi connectivity index (χ3v) is 8.14. The van der Waals surface area contributed by atoms with Gasteiger partial charge >= 0.3 is 19.8 Å². The second-order valence-corrected chi connectivity index (χ2v) is 12.8. The number of phosphoric acid groups is 1. The summed E-state index contributed by atoms with van der Waals surface area (Å²) in [5.41, 5.74) is 5.31. The van der Waals surface area contributed by atoms with Crippen LogP contribution in [0.15, 0.2) is 12.2 Å². The van der Waals surface area contributed by atoms with Crippen LogP contribution in [0.2, 0.25) is 0 Å². The predicted molar refractivity (Wildman–Crippen MR) is 174 cm³/mol. The molecule has 0 saturated carbocycles. The summed E-state index contributed by atoms with van der Waals surface area (Å²) in [6.45, 7) is 3.66. The fourth-order valence-electron chi connectivity index (χ4n) is 4.57. The first-order chi connectivity index (χ1) is 20.8. The van der Waals surface area contributed by atoms with Gasteiger partial charge in [-0.2, -0.15) is 0 Å². The maximum Gasteiger partial charge on any atom is 0.472 e. The second-order valence-electron chi connectivity index (χ2n) is 11.4. The van der Waals surface area contributed by atoms with Crippen LogP contribution >= 0.6 is 7.82 Å². The van der Waals surface area contributed by atoms with Gasteiger partial charge in [0.25, 0.3) is 0 Å². The molecule has 0 radical (unpaired) electrons. The molecule has 0 spiro atoms. The monoisotopic (exact) mass is 633 g/mol. The Labute approximate surface area is 262 Å². The van der Waals surface area contributed by atoms with Crippen LogP contribution in [0.5, 0.6) is 0 Å². The van der Waals surface area contributed by atoms with E-state index in [2.05, 4.69) is 26.0 Å². The number of unbranched alkanes of at least 4 members (excludes halogenated alkanes) is 17. The van der Waals surface area contributed by atoms with Crippen molar-refractivity contribution in [2.45, 2.75) is 161 Å². The van der Waals surface area contributed by atoms with Crippen molar-refractivity contribution in [2.24, 2.45) is 5.73 Å². The first-order valence-electron chi connectivity index (χ1n) is 17.2. The summed E-state index contributed by atoms with van der Waals surface area (Å²) in [6.07, 6.45) is 26.7. The van der Waals surface area contributed by atoms with Crippen molar-refractivity contribution in [3.63, 3.8) is 0 Å². The molecule has 3 N–H and O–H groups in total. The van der Waals surface area contributed by atoms with Gasteiger partial charge in [-0.3, -0.25) is 18.6 Å². The lowest BCUT2D eigenvalue weighted by Crippen LogP contribution is -2.29. The van der Waals surface area contributed by atoms with Crippen LogP contribution in [-0.4, -0.2) is 49.3 Å². The SMILES string of the molecule is CCCCC/C=C\CCCCCCC(=O)OC(COC(=O)CCCCCCCCCCCCC)COP(=O)(O)OCCN. The number of allylic oxidation sites excluding steroid dienone is 2. The highest BCUT2D eigenvalue weighted by Gasteiger charge is 2.25. The molecule has 0 heterocycles. The molecule has 0 bridgehead atoms. The van der Waals surface area contributed by atoms with Gasteiger partial charge in [-0.05, 0) is 38.5 Å². The topological polar surface area (TPSA) is 134 Å². The smallest absolute Gasteiger partial charge is 0.462 e. The molecule has 0 rings (SSSR count). The lowest BCUT2D eigenvalue weighted by Gasteiger charge is -2.19. The molecule has 0 saturated heterocycles. The molecule has 2 unspecified atom stereocenters. The van der Waals surface area contributed by atoms with E-state index in [9.17, 15) is 19.0 Å². The zero-order valence-electron chi connectivity index (χ0n) is 27.4. The summed E-state index contributed by atoms with van der Waals surface area (Å²) in [7, 11) is -4.36. The molecule has 0 aromatic heterocycles. The third-order valence-electron chi connectivity index (χ3n) is 7.15. The summed E-state index contributed by atoms with van der Waals surface area (Å²) < 4.78 is 32.5. The second kappa shape index (κ2) is 30.8. The number of hydrogen-bond donors (Lipinski definition) is 2. The van der Waals surface area contributed by atoms with E-state index < -0.39 is 26.5 Å². The lowest BCUT2D eigenvalue weighted by atomic mass is 10.1. The minimum Gasteiger partial charge on any atom is -0.462 e. The molecule has 9 nitrogen and oxygen atoms in total. The summed E-state index contributed by atoms with van der Waals surface area (Å²) in [5.74, 6) is -0.843. The van der Waals surface area contributed by atoms with Crippen molar-refractivity contribution in [3.8, 4) is 0 Å². The number of carbonyl (C=O) groups excluding carboxylic acids is 2. The van der Waals surface area contributed by atoms with Crippen LogP contribution in [0.1, 0.15) is 155 Å². The molecule has 0 aliphatic carbocycles. The van der Waals surface area contributed by atoms with E-state index in [1.807, 2.05) is 0 Å². The highest BCUT2D eigenvalue weighted by atomic mass is 31.2. The van der Waals surface area contributed by atoms with Crippen LogP contribution < -0.4 is 5.73 Å². The molecule has 43 heavy (non-hydrogen) atoms. The van der Waals surface area contributed by atoms with Crippen LogP contribution in [0.4, 0.5) is 0 Å². The van der Waals surface area contributed by atoms with E-state index in [1.165, 1.54) is 70.6 Å². The molecule has 0 aromatic carbocycles. The van der Waals surface area contributed by atoms with Gasteiger partial charge in [-0.1, -0.05) is 116 Å². The van der Waals surface area contributed by atoms with E-state index in [0.29, 0.717) is 6.42 Å². The molecule has 0 aliphatic rings. The molecule has 0 fully saturated rings. The quantitative estimate of drug-likeness (QED) is 0.0323. The molecular weight excluding hydrogens is 569 g/mol. The molecular formula is C33H64NO8P. The number of hydrogen-bond acceptors (Lipinski definition) is 8. The minimum atomic E-state index is -4.36. The average Bonchev–Trinajstić information content (AvgIpc) is 2.99. The fourth-order valence-corrected chi connectivity index (χ4v) is 5.33. The van der Waals surface area contributed by atoms with Crippen molar-refractivity contribution in [1.29, 1.82) is 0 Å². The van der Waals surface area contributed by atoms with Crippen molar-refractivity contribution >= 4 is 19.8 Å². The van der Waals surface area contributed by atoms with Crippen LogP contribution in [-0.2, 0) is 32.7 Å². The number of phosphoric ester groups is 1. The van der Waals surface area contributed by atoms with E-state index in [0.717, 1.165) is 51.4 Å². The average molecular weight is 634 g/mol. The zero-order valence-corrected chi connectivity index (χ0v) is 28.3. The highest BCUT2D eigenvalue weighted by molar-refractivity contribution is 7.47. The Morgan fingerprint density at radius 1 is 0.674 bits per heavy atom. The van der Waals surface area contributed by atoms with Gasteiger partial charge in [-0.25, -0.2) is 4.57 Å². The van der Waals surface area contributed by atoms with Gasteiger partial charge in [0.05, 0.1) is 13.2 Å². The lowest BCUT2D eigenvalue weighted by molar-refractivity contribution is -0.161. The Hall–Kier alpha value is -1.25. The third kappa shape index (κ3) is 30.6. The Morgan fingerprint density at radius 2 is 1.14 bits per heavy atom. The fraction of sp³-hybridized carbons (Fsp3) is 0.879. The van der Waals surface area contributed by atoms with Crippen molar-refractivity contribution in [3.05, 3.63) is 12.2 Å². The summed E-state index contributed by atoms with van der Waals surface area (Å²) in [6, 6.07) is 0. The van der Waals surface area contributed by atoms with Gasteiger partial charge < -0.3 is 20.1 Å². The zero-order chi connectivity index (χ0) is 31.9. The summed E-state index contributed by atoms with van der Waals surface area (Å²) in [5, 5.41) is 0. The van der Waals surface area contributed by atoms with Crippen molar-refractivity contribution in [2.75, 3.05) is 26.4 Å². The van der Waals surface area contributed by atoms with E-state index in [-0.39, 0.29) is 38.6 Å². The number of esters is 2. The summed E-state index contributed by atoms with van der Waals surface area (Å²) in [4.78, 5) is 34.5. The van der Waals surface area contributed by atoms with Crippen LogP contribution in [0.25, 0.3) is 0 Å². The van der Waals surface area contributed by atoms with Gasteiger partial charge in [0.2, 0.25) is 0 Å². The normalized spacial score (nSPS) is 13.7. The maximum absolute atomic E-state index is 12.4. The van der Waals surface area contributed by atoms with Crippen LogP contribution in [0, 0.1) is 0 Å². The van der Waals surface area contributed by atoms with Crippen molar-refractivity contribution in [1.82, 2.24) is 0 Å². The Bertz CT molecular complexity index is 734. The molecule has 0 aromatic rings. The van der Waals surface area contributed by atoms with Gasteiger partial charge in [0, 0.05) is 19.4 Å². The Morgan fingerprint density at radius 3 is 1.70 bits per heavy atom. The van der Waals surface area contributed by atoms with Gasteiger partial charge in [-0.15, -0.1) is 0 Å². The number of nitrogens with two attached hydrogens (primary N) is 1. The Kier molecular flexibility index (Phi) is 29.9. The highest BCUT2D eigenvalue weighted by Crippen LogP contribution is 2.43. The first-order valence-corrected chi connectivity index (χ1v) is 18.7.